The van der Waals surface area contributed by atoms with Gasteiger partial charge in [0.15, 0.2) is 5.69 Å². The standard InChI is InChI=1S/C16H23N7O2/c1-10-15(20-25-19-10)14-3-2-8-22(14)16(24)13-9-23(21-18-13)12-6-4-11(17)5-7-12/h9,11-12,14H,2-8,17H2,1H3. The normalized spacial score (nSPS) is 27.0. The monoisotopic (exact) mass is 345 g/mol. The summed E-state index contributed by atoms with van der Waals surface area (Å²) >= 11 is 0. The number of nitrogens with zero attached hydrogens (tertiary/aromatic N) is 6. The van der Waals surface area contributed by atoms with Crippen LogP contribution in [-0.4, -0.2) is 48.7 Å². The Balaban J connectivity index is 1.50. The second kappa shape index (κ2) is 6.55. The number of hydrogen-bond donors (Lipinski definition) is 1. The zero-order chi connectivity index (χ0) is 17.4. The van der Waals surface area contributed by atoms with Gasteiger partial charge in [-0.3, -0.25) is 4.79 Å². The lowest BCUT2D eigenvalue weighted by molar-refractivity contribution is 0.0724. The molecule has 25 heavy (non-hydrogen) atoms. The van der Waals surface area contributed by atoms with Crippen molar-refractivity contribution in [1.29, 1.82) is 0 Å². The van der Waals surface area contributed by atoms with E-state index >= 15 is 0 Å². The molecule has 1 saturated heterocycles. The van der Waals surface area contributed by atoms with E-state index < -0.39 is 0 Å². The highest BCUT2D eigenvalue weighted by Crippen LogP contribution is 2.33. The Hall–Kier alpha value is -2.29. The highest BCUT2D eigenvalue weighted by atomic mass is 16.6. The first kappa shape index (κ1) is 16.2. The predicted octanol–water partition coefficient (Wildman–Crippen LogP) is 1.39. The molecule has 1 aliphatic carbocycles. The third kappa shape index (κ3) is 3.04. The quantitative estimate of drug-likeness (QED) is 0.893. The van der Waals surface area contributed by atoms with Crippen molar-refractivity contribution in [1.82, 2.24) is 30.2 Å². The molecule has 0 bridgehead atoms. The summed E-state index contributed by atoms with van der Waals surface area (Å²) in [5, 5.41) is 16.1. The number of aryl methyl sites for hydroxylation is 1. The second-order valence-corrected chi connectivity index (χ2v) is 7.04. The fourth-order valence-corrected chi connectivity index (χ4v) is 3.90. The second-order valence-electron chi connectivity index (χ2n) is 7.04. The highest BCUT2D eigenvalue weighted by molar-refractivity contribution is 5.92. The maximum atomic E-state index is 12.9. The first-order chi connectivity index (χ1) is 12.1. The van der Waals surface area contributed by atoms with E-state index in [4.69, 9.17) is 10.4 Å². The van der Waals surface area contributed by atoms with Gasteiger partial charge >= 0.3 is 0 Å². The fraction of sp³-hybridized carbons (Fsp3) is 0.688. The van der Waals surface area contributed by atoms with Gasteiger partial charge < -0.3 is 10.6 Å². The van der Waals surface area contributed by atoms with Crippen molar-refractivity contribution >= 4 is 5.91 Å². The molecule has 1 saturated carbocycles. The maximum Gasteiger partial charge on any atom is 0.276 e. The molecule has 2 aliphatic rings. The molecule has 0 aromatic carbocycles. The molecule has 1 atom stereocenters. The average Bonchev–Trinajstić information content (AvgIpc) is 3.35. The Morgan fingerprint density at radius 2 is 2.04 bits per heavy atom. The van der Waals surface area contributed by atoms with E-state index in [0.29, 0.717) is 12.2 Å². The van der Waals surface area contributed by atoms with E-state index in [1.807, 2.05) is 11.6 Å². The van der Waals surface area contributed by atoms with Gasteiger partial charge in [0.25, 0.3) is 5.91 Å². The molecule has 2 aromatic rings. The van der Waals surface area contributed by atoms with Crippen molar-refractivity contribution in [3.05, 3.63) is 23.3 Å². The largest absolute Gasteiger partial charge is 0.328 e. The number of hydrogen-bond acceptors (Lipinski definition) is 7. The summed E-state index contributed by atoms with van der Waals surface area (Å²) in [6.07, 6.45) is 7.49. The molecule has 0 radical (unpaired) electrons. The van der Waals surface area contributed by atoms with E-state index in [0.717, 1.165) is 49.9 Å². The third-order valence-corrected chi connectivity index (χ3v) is 5.36. The van der Waals surface area contributed by atoms with Crippen molar-refractivity contribution < 1.29 is 9.42 Å². The molecule has 2 fully saturated rings. The molecule has 2 aromatic heterocycles. The van der Waals surface area contributed by atoms with Gasteiger partial charge in [-0.2, -0.15) is 0 Å². The number of amides is 1. The van der Waals surface area contributed by atoms with Gasteiger partial charge in [-0.15, -0.1) is 5.10 Å². The zero-order valence-electron chi connectivity index (χ0n) is 14.3. The molecule has 0 spiro atoms. The molecule has 1 aliphatic heterocycles. The summed E-state index contributed by atoms with van der Waals surface area (Å²) in [5.74, 6) is -0.108. The van der Waals surface area contributed by atoms with Crippen LogP contribution in [0.15, 0.2) is 10.8 Å². The molecule has 9 heteroatoms. The summed E-state index contributed by atoms with van der Waals surface area (Å²) in [5.41, 5.74) is 7.81. The Morgan fingerprint density at radius 1 is 1.24 bits per heavy atom. The van der Waals surface area contributed by atoms with Crippen LogP contribution in [0.3, 0.4) is 0 Å². The van der Waals surface area contributed by atoms with Gasteiger partial charge in [-0.05, 0) is 45.4 Å². The van der Waals surface area contributed by atoms with Crippen molar-refractivity contribution in [3.8, 4) is 0 Å². The van der Waals surface area contributed by atoms with E-state index in [2.05, 4.69) is 20.6 Å². The summed E-state index contributed by atoms with van der Waals surface area (Å²) in [6, 6.07) is 0.465. The SMILES string of the molecule is Cc1nonc1C1CCCN1C(=O)c1cn(C2CCC(N)CC2)nn1. The van der Waals surface area contributed by atoms with Crippen LogP contribution in [0, 0.1) is 6.92 Å². The zero-order valence-corrected chi connectivity index (χ0v) is 14.3. The maximum absolute atomic E-state index is 12.9. The molecule has 134 valence electrons. The minimum atomic E-state index is -0.108. The smallest absolute Gasteiger partial charge is 0.276 e. The first-order valence-corrected chi connectivity index (χ1v) is 8.91. The van der Waals surface area contributed by atoms with Crippen LogP contribution in [0.25, 0.3) is 0 Å². The minimum Gasteiger partial charge on any atom is -0.328 e. The van der Waals surface area contributed by atoms with Crippen molar-refractivity contribution in [2.75, 3.05) is 6.54 Å². The Bertz CT molecular complexity index is 747. The number of carbonyl (C=O) groups is 1. The lowest BCUT2D eigenvalue weighted by atomic mass is 9.92. The molecule has 3 heterocycles. The van der Waals surface area contributed by atoms with Crippen molar-refractivity contribution in [3.63, 3.8) is 0 Å². The average molecular weight is 345 g/mol. The van der Waals surface area contributed by atoms with E-state index in [1.165, 1.54) is 0 Å². The molecule has 2 N–H and O–H groups in total. The van der Waals surface area contributed by atoms with Gasteiger partial charge in [0.2, 0.25) is 0 Å². The molecule has 4 rings (SSSR count). The van der Waals surface area contributed by atoms with Gasteiger partial charge in [-0.1, -0.05) is 15.5 Å². The Kier molecular flexibility index (Phi) is 4.24. The minimum absolute atomic E-state index is 0.100. The lowest BCUT2D eigenvalue weighted by Gasteiger charge is -2.25. The number of rotatable bonds is 3. The molecule has 9 nitrogen and oxygen atoms in total. The van der Waals surface area contributed by atoms with Crippen LogP contribution in [-0.2, 0) is 0 Å². The summed E-state index contributed by atoms with van der Waals surface area (Å²) < 4.78 is 6.63. The van der Waals surface area contributed by atoms with Crippen molar-refractivity contribution in [2.24, 2.45) is 5.73 Å². The Morgan fingerprint density at radius 3 is 2.76 bits per heavy atom. The summed E-state index contributed by atoms with van der Waals surface area (Å²) in [7, 11) is 0. The van der Waals surface area contributed by atoms with Crippen LogP contribution < -0.4 is 5.73 Å². The summed E-state index contributed by atoms with van der Waals surface area (Å²) in [6.45, 7) is 2.53. The number of carbonyl (C=O) groups excluding carboxylic acids is 1. The van der Waals surface area contributed by atoms with E-state index in [9.17, 15) is 4.79 Å². The highest BCUT2D eigenvalue weighted by Gasteiger charge is 2.35. The molecular weight excluding hydrogens is 322 g/mol. The molecule has 1 amide bonds. The summed E-state index contributed by atoms with van der Waals surface area (Å²) in [4.78, 5) is 14.7. The predicted molar refractivity (Wildman–Crippen MR) is 87.5 cm³/mol. The van der Waals surface area contributed by atoms with Gasteiger partial charge in [0.1, 0.15) is 11.4 Å². The number of likely N-dealkylation sites (tertiary alicyclic amines) is 1. The van der Waals surface area contributed by atoms with Gasteiger partial charge in [0, 0.05) is 12.6 Å². The number of aromatic nitrogens is 5. The van der Waals surface area contributed by atoms with Crippen LogP contribution in [0.4, 0.5) is 0 Å². The van der Waals surface area contributed by atoms with Crippen LogP contribution in [0.5, 0.6) is 0 Å². The number of nitrogens with two attached hydrogens (primary N) is 1. The molecule has 1 unspecified atom stereocenters. The fourth-order valence-electron chi connectivity index (χ4n) is 3.90. The van der Waals surface area contributed by atoms with Crippen LogP contribution in [0.2, 0.25) is 0 Å². The topological polar surface area (TPSA) is 116 Å². The third-order valence-electron chi connectivity index (χ3n) is 5.36. The first-order valence-electron chi connectivity index (χ1n) is 8.91. The van der Waals surface area contributed by atoms with Crippen LogP contribution >= 0.6 is 0 Å². The van der Waals surface area contributed by atoms with E-state index in [-0.39, 0.29) is 24.0 Å². The van der Waals surface area contributed by atoms with Crippen LogP contribution in [0.1, 0.15) is 72.5 Å². The van der Waals surface area contributed by atoms with Gasteiger partial charge in [-0.25, -0.2) is 9.31 Å². The van der Waals surface area contributed by atoms with Crippen molar-refractivity contribution in [2.45, 2.75) is 63.6 Å². The molecular formula is C16H23N7O2. The Labute approximate surface area is 145 Å². The lowest BCUT2D eigenvalue weighted by Crippen LogP contribution is -2.31. The van der Waals surface area contributed by atoms with E-state index in [1.54, 1.807) is 11.1 Å². The van der Waals surface area contributed by atoms with Gasteiger partial charge in [0.05, 0.1) is 18.3 Å².